The van der Waals surface area contributed by atoms with Gasteiger partial charge in [-0.25, -0.2) is 0 Å². The Balaban J connectivity index is 2.00. The molecule has 0 fully saturated rings. The van der Waals surface area contributed by atoms with Crippen molar-refractivity contribution in [1.29, 1.82) is 0 Å². The van der Waals surface area contributed by atoms with Gasteiger partial charge in [-0.05, 0) is 51.7 Å². The van der Waals surface area contributed by atoms with Gasteiger partial charge in [-0.1, -0.05) is 41.5 Å². The molecular weight excluding hydrogens is 374 g/mol. The lowest BCUT2D eigenvalue weighted by Crippen LogP contribution is -2.27. The minimum Gasteiger partial charge on any atom is -0.370 e. The summed E-state index contributed by atoms with van der Waals surface area (Å²) < 4.78 is 2.22. The third kappa shape index (κ3) is 7.78. The van der Waals surface area contributed by atoms with E-state index < -0.39 is 0 Å². The quantitative estimate of drug-likeness (QED) is 0.229. The average molecular weight is 410 g/mol. The highest BCUT2D eigenvalue weighted by Gasteiger charge is 2.11. The van der Waals surface area contributed by atoms with E-state index in [0.29, 0.717) is 25.9 Å². The molecule has 2 aromatic rings. The van der Waals surface area contributed by atoms with E-state index in [0.717, 1.165) is 35.9 Å². The van der Waals surface area contributed by atoms with E-state index in [9.17, 15) is 4.79 Å². The Hall–Kier alpha value is -3.02. The summed E-state index contributed by atoms with van der Waals surface area (Å²) in [5.74, 6) is 0.0893. The average Bonchev–Trinajstić information content (AvgIpc) is 3.03. The van der Waals surface area contributed by atoms with Crippen molar-refractivity contribution >= 4 is 22.8 Å². The molecule has 0 aliphatic rings. The van der Waals surface area contributed by atoms with Gasteiger partial charge in [-0.2, -0.15) is 0 Å². The van der Waals surface area contributed by atoms with Gasteiger partial charge in [0.1, 0.15) is 0 Å². The first-order valence-corrected chi connectivity index (χ1v) is 10.5. The minimum atomic E-state index is 0.0102. The van der Waals surface area contributed by atoms with Crippen LogP contribution in [0.1, 0.15) is 45.6 Å². The summed E-state index contributed by atoms with van der Waals surface area (Å²) in [5, 5.41) is 4.07. The topological polar surface area (TPSA) is 98.4 Å². The fraction of sp³-hybridized carbons (Fsp3) is 0.417. The SMILES string of the molecule is CC(C)=CCC/C(C)=C/Cn1cc(CC(=O)NCCCN=C(N)N)c2ccccc21. The first-order valence-electron chi connectivity index (χ1n) is 10.5. The van der Waals surface area contributed by atoms with E-state index in [1.54, 1.807) is 0 Å². The van der Waals surface area contributed by atoms with Gasteiger partial charge in [-0.3, -0.25) is 9.79 Å². The molecule has 1 aromatic carbocycles. The fourth-order valence-corrected chi connectivity index (χ4v) is 3.31. The predicted molar refractivity (Wildman–Crippen MR) is 126 cm³/mol. The van der Waals surface area contributed by atoms with E-state index in [4.69, 9.17) is 11.5 Å². The summed E-state index contributed by atoms with van der Waals surface area (Å²) in [5.41, 5.74) is 15.5. The highest BCUT2D eigenvalue weighted by molar-refractivity contribution is 5.89. The van der Waals surface area contributed by atoms with Gasteiger partial charge in [0.2, 0.25) is 5.91 Å². The Morgan fingerprint density at radius 3 is 2.67 bits per heavy atom. The van der Waals surface area contributed by atoms with Crippen molar-refractivity contribution in [2.24, 2.45) is 16.5 Å². The number of nitrogens with one attached hydrogen (secondary N) is 1. The van der Waals surface area contributed by atoms with E-state index >= 15 is 0 Å². The number of hydrogen-bond donors (Lipinski definition) is 3. The standard InChI is InChI=1S/C24H35N5O/c1-18(2)8-6-9-19(3)12-15-29-17-20(21-10-4-5-11-22(21)29)16-23(30)27-13-7-14-28-24(25)26/h4-5,8,10-12,17H,6-7,9,13-16H2,1-3H3,(H,27,30)(H4,25,26,28)/b19-12+. The van der Waals surface area contributed by atoms with Crippen LogP contribution in [0.2, 0.25) is 0 Å². The van der Waals surface area contributed by atoms with Crippen LogP contribution in [0.4, 0.5) is 0 Å². The molecule has 1 heterocycles. The number of hydrogen-bond acceptors (Lipinski definition) is 2. The largest absolute Gasteiger partial charge is 0.370 e. The highest BCUT2D eigenvalue weighted by Crippen LogP contribution is 2.22. The Morgan fingerprint density at radius 2 is 1.93 bits per heavy atom. The molecule has 6 nitrogen and oxygen atoms in total. The zero-order valence-electron chi connectivity index (χ0n) is 18.4. The van der Waals surface area contributed by atoms with Gasteiger partial charge in [0.05, 0.1) is 6.42 Å². The number of carbonyl (C=O) groups is 1. The number of fused-ring (bicyclic) bond motifs is 1. The van der Waals surface area contributed by atoms with E-state index in [2.05, 4.69) is 66.1 Å². The number of rotatable bonds is 11. The van der Waals surface area contributed by atoms with Crippen LogP contribution in [0, 0.1) is 0 Å². The smallest absolute Gasteiger partial charge is 0.224 e. The summed E-state index contributed by atoms with van der Waals surface area (Å²) in [6.07, 6.45) is 9.87. The molecule has 0 unspecified atom stereocenters. The van der Waals surface area contributed by atoms with Gasteiger partial charge >= 0.3 is 0 Å². The first kappa shape index (κ1) is 23.3. The number of guanidine groups is 1. The van der Waals surface area contributed by atoms with Gasteiger partial charge < -0.3 is 21.4 Å². The van der Waals surface area contributed by atoms with Crippen LogP contribution in [0.25, 0.3) is 10.9 Å². The second kappa shape index (κ2) is 11.9. The number of nitrogens with zero attached hydrogens (tertiary/aromatic N) is 2. The predicted octanol–water partition coefficient (Wildman–Crippen LogP) is 3.66. The maximum Gasteiger partial charge on any atom is 0.224 e. The number of aliphatic imine (C=N–C) groups is 1. The lowest BCUT2D eigenvalue weighted by molar-refractivity contribution is -0.120. The molecule has 0 spiro atoms. The van der Waals surface area contributed by atoms with Crippen molar-refractivity contribution in [3.8, 4) is 0 Å². The van der Waals surface area contributed by atoms with Crippen molar-refractivity contribution in [1.82, 2.24) is 9.88 Å². The molecule has 30 heavy (non-hydrogen) atoms. The normalized spacial score (nSPS) is 11.4. The van der Waals surface area contributed by atoms with Crippen LogP contribution in [-0.4, -0.2) is 29.5 Å². The Morgan fingerprint density at radius 1 is 1.17 bits per heavy atom. The lowest BCUT2D eigenvalue weighted by atomic mass is 10.1. The van der Waals surface area contributed by atoms with Gasteiger partial charge in [-0.15, -0.1) is 0 Å². The van der Waals surface area contributed by atoms with Crippen LogP contribution in [0.5, 0.6) is 0 Å². The number of aromatic nitrogens is 1. The second-order valence-electron chi connectivity index (χ2n) is 7.88. The molecule has 1 aromatic heterocycles. The van der Waals surface area contributed by atoms with Crippen LogP contribution in [0.15, 0.2) is 58.8 Å². The Bertz CT molecular complexity index is 928. The molecule has 0 aliphatic carbocycles. The van der Waals surface area contributed by atoms with Crippen LogP contribution in [0.3, 0.4) is 0 Å². The van der Waals surface area contributed by atoms with E-state index in [-0.39, 0.29) is 11.9 Å². The molecule has 0 bridgehead atoms. The molecule has 0 radical (unpaired) electrons. The maximum absolute atomic E-state index is 12.4. The molecule has 162 valence electrons. The molecule has 6 heteroatoms. The summed E-state index contributed by atoms with van der Waals surface area (Å²) >= 11 is 0. The van der Waals surface area contributed by atoms with Crippen molar-refractivity contribution in [3.63, 3.8) is 0 Å². The number of nitrogens with two attached hydrogens (primary N) is 2. The summed E-state index contributed by atoms with van der Waals surface area (Å²) in [6, 6.07) is 8.25. The number of amides is 1. The Kier molecular flexibility index (Phi) is 9.19. The number of para-hydroxylation sites is 1. The molecule has 0 atom stereocenters. The third-order valence-corrected chi connectivity index (χ3v) is 4.90. The molecule has 2 rings (SSSR count). The van der Waals surface area contributed by atoms with Crippen molar-refractivity contribution in [2.75, 3.05) is 13.1 Å². The number of allylic oxidation sites excluding steroid dienone is 4. The van der Waals surface area contributed by atoms with Gasteiger partial charge in [0.15, 0.2) is 5.96 Å². The Labute approximate surface area is 179 Å². The summed E-state index contributed by atoms with van der Waals surface area (Å²) in [7, 11) is 0. The third-order valence-electron chi connectivity index (χ3n) is 4.90. The maximum atomic E-state index is 12.4. The van der Waals surface area contributed by atoms with Crippen molar-refractivity contribution < 1.29 is 4.79 Å². The summed E-state index contributed by atoms with van der Waals surface area (Å²) in [4.78, 5) is 16.3. The monoisotopic (exact) mass is 409 g/mol. The summed E-state index contributed by atoms with van der Waals surface area (Å²) in [6.45, 7) is 8.32. The molecular formula is C24H35N5O. The van der Waals surface area contributed by atoms with Crippen LogP contribution >= 0.6 is 0 Å². The molecule has 0 saturated carbocycles. The van der Waals surface area contributed by atoms with Crippen LogP contribution < -0.4 is 16.8 Å². The van der Waals surface area contributed by atoms with Gasteiger partial charge in [0, 0.05) is 36.7 Å². The highest BCUT2D eigenvalue weighted by atomic mass is 16.1. The van der Waals surface area contributed by atoms with Crippen molar-refractivity contribution in [3.05, 3.63) is 59.3 Å². The molecule has 1 amide bonds. The minimum absolute atomic E-state index is 0.0102. The van der Waals surface area contributed by atoms with Crippen molar-refractivity contribution in [2.45, 2.75) is 53.0 Å². The zero-order chi connectivity index (χ0) is 21.9. The number of carbonyl (C=O) groups excluding carboxylic acids is 1. The first-order chi connectivity index (χ1) is 14.4. The molecule has 0 aliphatic heterocycles. The van der Waals surface area contributed by atoms with Crippen LogP contribution in [-0.2, 0) is 17.8 Å². The lowest BCUT2D eigenvalue weighted by Gasteiger charge is -2.04. The van der Waals surface area contributed by atoms with E-state index in [1.165, 1.54) is 11.1 Å². The fourth-order valence-electron chi connectivity index (χ4n) is 3.31. The zero-order valence-corrected chi connectivity index (χ0v) is 18.4. The number of benzene rings is 1. The van der Waals surface area contributed by atoms with Gasteiger partial charge in [0.25, 0.3) is 0 Å². The molecule has 0 saturated heterocycles. The second-order valence-corrected chi connectivity index (χ2v) is 7.88. The van der Waals surface area contributed by atoms with E-state index in [1.807, 2.05) is 12.1 Å². The molecule has 5 N–H and O–H groups in total.